The fourth-order valence-corrected chi connectivity index (χ4v) is 8.20. The van der Waals surface area contributed by atoms with Crippen LogP contribution < -0.4 is 0 Å². The Morgan fingerprint density at radius 3 is 1.11 bits per heavy atom. The zero-order chi connectivity index (χ0) is 41.2. The van der Waals surface area contributed by atoms with Gasteiger partial charge in [-0.05, 0) is 44.3 Å². The fraction of sp³-hybridized carbons (Fsp3) is 0. The quantitative estimate of drug-likeness (QED) is 0.152. The number of nitrogens with zero attached hydrogens (tertiary/aromatic N) is 6. The van der Waals surface area contributed by atoms with Crippen molar-refractivity contribution in [2.45, 2.75) is 0 Å². The maximum Gasteiger partial charge on any atom is 0.164 e. The first-order chi connectivity index (χ1) is 30.7. The van der Waals surface area contributed by atoms with Gasteiger partial charge < -0.3 is 0 Å². The lowest BCUT2D eigenvalue weighted by molar-refractivity contribution is 1.07. The largest absolute Gasteiger partial charge is 0.208 e. The molecular formula is C56H36N6. The summed E-state index contributed by atoms with van der Waals surface area (Å²) in [5, 5.41) is 4.42. The van der Waals surface area contributed by atoms with Gasteiger partial charge in [-0.2, -0.15) is 0 Å². The summed E-state index contributed by atoms with van der Waals surface area (Å²) in [7, 11) is 0. The van der Waals surface area contributed by atoms with Crippen LogP contribution in [0.15, 0.2) is 218 Å². The van der Waals surface area contributed by atoms with Crippen molar-refractivity contribution in [3.63, 3.8) is 0 Å². The third kappa shape index (κ3) is 6.95. The highest BCUT2D eigenvalue weighted by molar-refractivity contribution is 6.05. The summed E-state index contributed by atoms with van der Waals surface area (Å²) >= 11 is 0. The first-order valence-corrected chi connectivity index (χ1v) is 20.6. The zero-order valence-electron chi connectivity index (χ0n) is 33.5. The van der Waals surface area contributed by atoms with Gasteiger partial charge >= 0.3 is 0 Å². The predicted molar refractivity (Wildman–Crippen MR) is 252 cm³/mol. The Hall–Kier alpha value is -8.48. The summed E-state index contributed by atoms with van der Waals surface area (Å²) in [6.45, 7) is 0. The lowest BCUT2D eigenvalue weighted by atomic mass is 9.92. The molecule has 0 amide bonds. The molecule has 6 heteroatoms. The summed E-state index contributed by atoms with van der Waals surface area (Å²) in [4.78, 5) is 30.6. The molecule has 0 spiro atoms. The van der Waals surface area contributed by atoms with Crippen LogP contribution in [0, 0.1) is 0 Å². The molecule has 11 aromatic rings. The van der Waals surface area contributed by atoms with E-state index in [4.69, 9.17) is 29.9 Å². The van der Waals surface area contributed by atoms with E-state index in [2.05, 4.69) is 121 Å². The van der Waals surface area contributed by atoms with Gasteiger partial charge in [-0.1, -0.05) is 212 Å². The van der Waals surface area contributed by atoms with Crippen LogP contribution in [-0.2, 0) is 0 Å². The number of aromatic nitrogens is 6. The molecule has 0 fully saturated rings. The molecule has 290 valence electrons. The van der Waals surface area contributed by atoms with Crippen LogP contribution in [-0.4, -0.2) is 29.9 Å². The van der Waals surface area contributed by atoms with E-state index in [0.29, 0.717) is 34.9 Å². The average molecular weight is 793 g/mol. The van der Waals surface area contributed by atoms with Crippen LogP contribution in [0.4, 0.5) is 0 Å². The second-order valence-electron chi connectivity index (χ2n) is 15.1. The molecule has 0 N–H and O–H groups in total. The van der Waals surface area contributed by atoms with Crippen molar-refractivity contribution >= 4 is 21.5 Å². The molecule has 9 aromatic carbocycles. The van der Waals surface area contributed by atoms with Crippen LogP contribution in [0.3, 0.4) is 0 Å². The van der Waals surface area contributed by atoms with E-state index < -0.39 is 0 Å². The van der Waals surface area contributed by atoms with Crippen molar-refractivity contribution < 1.29 is 0 Å². The normalized spacial score (nSPS) is 11.2. The third-order valence-electron chi connectivity index (χ3n) is 11.2. The summed E-state index contributed by atoms with van der Waals surface area (Å²) < 4.78 is 0. The highest BCUT2D eigenvalue weighted by atomic mass is 15.0. The monoisotopic (exact) mass is 792 g/mol. The maximum atomic E-state index is 5.34. The van der Waals surface area contributed by atoms with Crippen LogP contribution in [0.1, 0.15) is 0 Å². The van der Waals surface area contributed by atoms with Crippen molar-refractivity contribution in [1.29, 1.82) is 0 Å². The van der Waals surface area contributed by atoms with E-state index in [1.165, 1.54) is 0 Å². The lowest BCUT2D eigenvalue weighted by Crippen LogP contribution is -2.02. The van der Waals surface area contributed by atoms with E-state index >= 15 is 0 Å². The number of hydrogen-bond donors (Lipinski definition) is 0. The molecule has 0 radical (unpaired) electrons. The maximum absolute atomic E-state index is 5.34. The summed E-state index contributed by atoms with van der Waals surface area (Å²) in [5.41, 5.74) is 9.86. The Morgan fingerprint density at radius 2 is 0.565 bits per heavy atom. The van der Waals surface area contributed by atoms with Crippen LogP contribution >= 0.6 is 0 Å². The van der Waals surface area contributed by atoms with Crippen LogP contribution in [0.2, 0.25) is 0 Å². The molecular weight excluding hydrogens is 757 g/mol. The van der Waals surface area contributed by atoms with Crippen molar-refractivity contribution in [1.82, 2.24) is 29.9 Å². The van der Waals surface area contributed by atoms with Crippen molar-refractivity contribution in [2.24, 2.45) is 0 Å². The van der Waals surface area contributed by atoms with Crippen LogP contribution in [0.5, 0.6) is 0 Å². The van der Waals surface area contributed by atoms with Gasteiger partial charge in [0.15, 0.2) is 34.9 Å². The van der Waals surface area contributed by atoms with Crippen LogP contribution in [0.25, 0.3) is 112 Å². The Morgan fingerprint density at radius 1 is 0.194 bits per heavy atom. The number of rotatable bonds is 8. The van der Waals surface area contributed by atoms with Gasteiger partial charge in [0.1, 0.15) is 0 Å². The number of fused-ring (bicyclic) bond motifs is 2. The van der Waals surface area contributed by atoms with E-state index in [1.54, 1.807) is 0 Å². The standard InChI is InChI=1S/C56H36N6/c1-5-17-37(18-6-1)44-27-15-29-47-46(44)28-16-30-48(47)55-60-53(42-24-11-4-12-25-42)61-56(62-55)49-36-35-38-19-13-14-26-45(38)50(49)39-31-33-43(34-32-39)54-58-51(40-20-7-2-8-21-40)57-52(59-54)41-22-9-3-10-23-41/h1-36H. The number of benzene rings is 9. The Kier molecular flexibility index (Phi) is 9.41. The SMILES string of the molecule is c1ccc(-c2nc(-c3ccccc3)nc(-c3ccc(-c4c(-c5nc(-c6ccccc6)nc(-c6cccc7c(-c8ccccc8)cccc67)n5)ccc5ccccc45)cc3)n2)cc1. The fourth-order valence-electron chi connectivity index (χ4n) is 8.20. The van der Waals surface area contributed by atoms with Gasteiger partial charge in [-0.15, -0.1) is 0 Å². The molecule has 0 saturated carbocycles. The Balaban J connectivity index is 1.08. The Bertz CT molecular complexity index is 3320. The molecule has 11 rings (SSSR count). The van der Waals surface area contributed by atoms with Gasteiger partial charge in [0.25, 0.3) is 0 Å². The van der Waals surface area contributed by atoms with Gasteiger partial charge in [-0.25, -0.2) is 29.9 Å². The minimum atomic E-state index is 0.590. The van der Waals surface area contributed by atoms with Gasteiger partial charge in [0.2, 0.25) is 0 Å². The molecule has 0 atom stereocenters. The highest BCUT2D eigenvalue weighted by Crippen LogP contribution is 2.40. The summed E-state index contributed by atoms with van der Waals surface area (Å²) in [6, 6.07) is 74.8. The van der Waals surface area contributed by atoms with E-state index in [9.17, 15) is 0 Å². The van der Waals surface area contributed by atoms with E-state index in [0.717, 1.165) is 77.2 Å². The smallest absolute Gasteiger partial charge is 0.164 e. The van der Waals surface area contributed by atoms with E-state index in [1.807, 2.05) is 97.1 Å². The molecule has 0 aliphatic heterocycles. The molecule has 0 aliphatic carbocycles. The minimum absolute atomic E-state index is 0.590. The second kappa shape index (κ2) is 15.9. The molecule has 2 aromatic heterocycles. The van der Waals surface area contributed by atoms with Crippen molar-refractivity contribution in [3.05, 3.63) is 218 Å². The topological polar surface area (TPSA) is 77.3 Å². The van der Waals surface area contributed by atoms with Crippen molar-refractivity contribution in [3.8, 4) is 90.6 Å². The van der Waals surface area contributed by atoms with E-state index in [-0.39, 0.29) is 0 Å². The lowest BCUT2D eigenvalue weighted by Gasteiger charge is -2.16. The number of hydrogen-bond acceptors (Lipinski definition) is 6. The predicted octanol–water partition coefficient (Wildman–Crippen LogP) is 13.7. The Labute approximate surface area is 359 Å². The van der Waals surface area contributed by atoms with Gasteiger partial charge in [0, 0.05) is 38.9 Å². The molecule has 0 bridgehead atoms. The van der Waals surface area contributed by atoms with Gasteiger partial charge in [-0.3, -0.25) is 0 Å². The first kappa shape index (κ1) is 36.6. The highest BCUT2D eigenvalue weighted by Gasteiger charge is 2.20. The van der Waals surface area contributed by atoms with Gasteiger partial charge in [0.05, 0.1) is 0 Å². The average Bonchev–Trinajstić information content (AvgIpc) is 3.36. The second-order valence-corrected chi connectivity index (χ2v) is 15.1. The molecule has 0 saturated heterocycles. The molecule has 62 heavy (non-hydrogen) atoms. The molecule has 0 unspecified atom stereocenters. The molecule has 6 nitrogen and oxygen atoms in total. The first-order valence-electron chi connectivity index (χ1n) is 20.6. The summed E-state index contributed by atoms with van der Waals surface area (Å²) in [6.07, 6.45) is 0. The van der Waals surface area contributed by atoms with Crippen molar-refractivity contribution in [2.75, 3.05) is 0 Å². The molecule has 0 aliphatic rings. The minimum Gasteiger partial charge on any atom is -0.208 e. The zero-order valence-corrected chi connectivity index (χ0v) is 33.5. The molecule has 2 heterocycles. The summed E-state index contributed by atoms with van der Waals surface area (Å²) in [5.74, 6) is 3.65. The third-order valence-corrected chi connectivity index (χ3v) is 11.2.